The van der Waals surface area contributed by atoms with Crippen molar-refractivity contribution < 1.29 is 27.6 Å². The second-order valence-corrected chi connectivity index (χ2v) is 7.19. The van der Waals surface area contributed by atoms with E-state index in [0.717, 1.165) is 6.07 Å². The van der Waals surface area contributed by atoms with Crippen molar-refractivity contribution in [1.29, 1.82) is 0 Å². The smallest absolute Gasteiger partial charge is 0.340 e. The maximum absolute atomic E-state index is 12.2. The Morgan fingerprint density at radius 3 is 2.48 bits per heavy atom. The van der Waals surface area contributed by atoms with E-state index in [4.69, 9.17) is 4.74 Å². The predicted octanol–water partition coefficient (Wildman–Crippen LogP) is 0.922. The first-order chi connectivity index (χ1) is 10.6. The summed E-state index contributed by atoms with van der Waals surface area (Å²) in [6.07, 6.45) is -1.01. The van der Waals surface area contributed by atoms with Crippen LogP contribution in [0, 0.1) is 0 Å². The first-order valence-electron chi connectivity index (χ1n) is 6.40. The highest BCUT2D eigenvalue weighted by Gasteiger charge is 2.25. The molecule has 0 radical (unpaired) electrons. The molecule has 128 valence electrons. The van der Waals surface area contributed by atoms with Gasteiger partial charge in [0, 0.05) is 18.6 Å². The van der Waals surface area contributed by atoms with Crippen LogP contribution in [0.3, 0.4) is 0 Å². The molecule has 0 aliphatic heterocycles. The Morgan fingerprint density at radius 2 is 1.96 bits per heavy atom. The Morgan fingerprint density at radius 1 is 1.35 bits per heavy atom. The van der Waals surface area contributed by atoms with Gasteiger partial charge in [-0.1, -0.05) is 4.47 Å². The van der Waals surface area contributed by atoms with E-state index in [1.165, 1.54) is 40.3 Å². The van der Waals surface area contributed by atoms with Gasteiger partial charge < -0.3 is 10.1 Å². The van der Waals surface area contributed by atoms with Crippen LogP contribution in [0.1, 0.15) is 17.3 Å². The van der Waals surface area contributed by atoms with Crippen molar-refractivity contribution in [2.75, 3.05) is 21.2 Å². The van der Waals surface area contributed by atoms with Crippen molar-refractivity contribution in [3.63, 3.8) is 0 Å². The van der Waals surface area contributed by atoms with Crippen LogP contribution >= 0.6 is 15.9 Å². The first-order valence-corrected chi connectivity index (χ1v) is 8.63. The van der Waals surface area contributed by atoms with Gasteiger partial charge in [0.25, 0.3) is 15.9 Å². The predicted molar refractivity (Wildman–Crippen MR) is 85.0 cm³/mol. The number of nitrogens with zero attached hydrogens (tertiary/aromatic N) is 1. The van der Waals surface area contributed by atoms with E-state index in [1.807, 2.05) is 0 Å². The number of esters is 1. The zero-order chi connectivity index (χ0) is 17.8. The van der Waals surface area contributed by atoms with Crippen LogP contribution in [-0.4, -0.2) is 52.1 Å². The highest BCUT2D eigenvalue weighted by molar-refractivity contribution is 9.10. The molecule has 0 saturated carbocycles. The van der Waals surface area contributed by atoms with Crippen LogP contribution < -0.4 is 5.32 Å². The van der Waals surface area contributed by atoms with E-state index in [9.17, 15) is 18.0 Å². The standard InChI is InChI=1S/C13H17BrN2O6S/c1-8(12(17)15-2)22-13(18)10-7-9(5-6-11(10)14)23(19,20)16(3)21-4/h5-8H,1-4H3,(H,15,17)/t8-/m0/s1. The van der Waals surface area contributed by atoms with Crippen molar-refractivity contribution >= 4 is 37.8 Å². The van der Waals surface area contributed by atoms with E-state index < -0.39 is 28.0 Å². The summed E-state index contributed by atoms with van der Waals surface area (Å²) in [6, 6.07) is 3.86. The molecule has 1 N–H and O–H groups in total. The molecule has 1 rings (SSSR count). The number of amides is 1. The molecule has 0 aliphatic carbocycles. The minimum atomic E-state index is -3.91. The average Bonchev–Trinajstić information content (AvgIpc) is 2.52. The third-order valence-electron chi connectivity index (χ3n) is 2.95. The van der Waals surface area contributed by atoms with Gasteiger partial charge in [0.05, 0.1) is 17.6 Å². The third-order valence-corrected chi connectivity index (χ3v) is 5.32. The van der Waals surface area contributed by atoms with Gasteiger partial charge in [-0.3, -0.25) is 9.63 Å². The highest BCUT2D eigenvalue weighted by Crippen LogP contribution is 2.24. The van der Waals surface area contributed by atoms with Gasteiger partial charge in [0.2, 0.25) is 0 Å². The van der Waals surface area contributed by atoms with Crippen molar-refractivity contribution in [2.24, 2.45) is 0 Å². The molecule has 0 spiro atoms. The SMILES string of the molecule is CNC(=O)[C@H](C)OC(=O)c1cc(S(=O)(=O)N(C)OC)ccc1Br. The molecule has 0 fully saturated rings. The Kier molecular flexibility index (Phi) is 6.69. The summed E-state index contributed by atoms with van der Waals surface area (Å²) >= 11 is 3.15. The van der Waals surface area contributed by atoms with E-state index >= 15 is 0 Å². The van der Waals surface area contributed by atoms with E-state index in [-0.39, 0.29) is 10.5 Å². The normalized spacial score (nSPS) is 12.8. The number of carbonyl (C=O) groups excluding carboxylic acids is 2. The lowest BCUT2D eigenvalue weighted by molar-refractivity contribution is -0.128. The molecule has 8 nitrogen and oxygen atoms in total. The summed E-state index contributed by atoms with van der Waals surface area (Å²) < 4.78 is 30.4. The Bertz CT molecular complexity index is 706. The molecule has 0 saturated heterocycles. The molecule has 23 heavy (non-hydrogen) atoms. The van der Waals surface area contributed by atoms with Crippen LogP contribution in [0.2, 0.25) is 0 Å². The summed E-state index contributed by atoms with van der Waals surface area (Å²) in [6.45, 7) is 1.41. The molecule has 1 aromatic carbocycles. The number of halogens is 1. The van der Waals surface area contributed by atoms with Gasteiger partial charge in [-0.25, -0.2) is 13.2 Å². The number of ether oxygens (including phenoxy) is 1. The minimum Gasteiger partial charge on any atom is -0.449 e. The lowest BCUT2D eigenvalue weighted by Gasteiger charge is -2.16. The average molecular weight is 409 g/mol. The second kappa shape index (κ2) is 7.86. The van der Waals surface area contributed by atoms with Crippen molar-refractivity contribution in [3.05, 3.63) is 28.2 Å². The van der Waals surface area contributed by atoms with Crippen LogP contribution in [0.5, 0.6) is 0 Å². The van der Waals surface area contributed by atoms with Crippen LogP contribution in [-0.2, 0) is 24.4 Å². The number of rotatable bonds is 6. The van der Waals surface area contributed by atoms with E-state index in [1.54, 1.807) is 0 Å². The molecular weight excluding hydrogens is 392 g/mol. The maximum Gasteiger partial charge on any atom is 0.340 e. The fourth-order valence-electron chi connectivity index (χ4n) is 1.55. The van der Waals surface area contributed by atoms with Crippen molar-refractivity contribution in [3.8, 4) is 0 Å². The Balaban J connectivity index is 3.16. The van der Waals surface area contributed by atoms with Gasteiger partial charge in [-0.05, 0) is 41.1 Å². The summed E-state index contributed by atoms with van der Waals surface area (Å²) in [4.78, 5) is 28.1. The summed E-state index contributed by atoms with van der Waals surface area (Å²) in [5, 5.41) is 2.35. The summed E-state index contributed by atoms with van der Waals surface area (Å²) in [5.74, 6) is -1.30. The minimum absolute atomic E-state index is 0.0219. The third kappa shape index (κ3) is 4.50. The van der Waals surface area contributed by atoms with Crippen LogP contribution in [0.15, 0.2) is 27.6 Å². The van der Waals surface area contributed by atoms with Crippen LogP contribution in [0.25, 0.3) is 0 Å². The fraction of sp³-hybridized carbons (Fsp3) is 0.385. The number of likely N-dealkylation sites (N-methyl/N-ethyl adjacent to an activating group) is 1. The highest BCUT2D eigenvalue weighted by atomic mass is 79.9. The van der Waals surface area contributed by atoms with Gasteiger partial charge in [0.1, 0.15) is 0 Å². The summed E-state index contributed by atoms with van der Waals surface area (Å²) in [5.41, 5.74) is -0.0219. The number of benzene rings is 1. The number of hydrogen-bond donors (Lipinski definition) is 1. The number of nitrogens with one attached hydrogen (secondary N) is 1. The quantitative estimate of drug-likeness (QED) is 0.554. The number of hydroxylamine groups is 1. The molecule has 0 aliphatic rings. The summed E-state index contributed by atoms with van der Waals surface area (Å²) in [7, 11) is -0.0648. The van der Waals surface area contributed by atoms with Crippen LogP contribution in [0.4, 0.5) is 0 Å². The second-order valence-electron chi connectivity index (χ2n) is 4.40. The zero-order valence-corrected chi connectivity index (χ0v) is 15.4. The molecule has 0 aromatic heterocycles. The molecule has 0 unspecified atom stereocenters. The first kappa shape index (κ1) is 19.6. The molecule has 10 heteroatoms. The zero-order valence-electron chi connectivity index (χ0n) is 13.0. The van der Waals surface area contributed by atoms with Gasteiger partial charge >= 0.3 is 5.97 Å². The van der Waals surface area contributed by atoms with Crippen molar-refractivity contribution in [1.82, 2.24) is 9.79 Å². The van der Waals surface area contributed by atoms with Crippen molar-refractivity contribution in [2.45, 2.75) is 17.9 Å². The number of hydrogen-bond acceptors (Lipinski definition) is 6. The Hall–Kier alpha value is -1.49. The molecule has 1 aromatic rings. The largest absolute Gasteiger partial charge is 0.449 e. The van der Waals surface area contributed by atoms with Gasteiger partial charge in [0.15, 0.2) is 6.10 Å². The lowest BCUT2D eigenvalue weighted by atomic mass is 10.2. The number of sulfonamides is 1. The topological polar surface area (TPSA) is 102 Å². The van der Waals surface area contributed by atoms with E-state index in [0.29, 0.717) is 8.94 Å². The van der Waals surface area contributed by atoms with Gasteiger partial charge in [-0.15, -0.1) is 0 Å². The molecular formula is C13H17BrN2O6S. The number of carbonyl (C=O) groups is 2. The van der Waals surface area contributed by atoms with Gasteiger partial charge in [-0.2, -0.15) is 0 Å². The molecule has 1 atom stereocenters. The van der Waals surface area contributed by atoms with E-state index in [2.05, 4.69) is 26.1 Å². The fourth-order valence-corrected chi connectivity index (χ4v) is 2.96. The molecule has 1 amide bonds. The monoisotopic (exact) mass is 408 g/mol. The lowest BCUT2D eigenvalue weighted by Crippen LogP contribution is -2.33. The Labute approximate surface area is 142 Å². The molecule has 0 heterocycles. The maximum atomic E-state index is 12.2. The molecule has 0 bridgehead atoms.